The Morgan fingerprint density at radius 3 is 2.59 bits per heavy atom. The summed E-state index contributed by atoms with van der Waals surface area (Å²) >= 11 is 0. The minimum absolute atomic E-state index is 0.0621. The lowest BCUT2D eigenvalue weighted by molar-refractivity contribution is -0.209. The van der Waals surface area contributed by atoms with Gasteiger partial charge >= 0.3 is 6.03 Å². The number of rotatable bonds is 3. The van der Waals surface area contributed by atoms with Gasteiger partial charge < -0.3 is 30.7 Å². The van der Waals surface area contributed by atoms with Crippen molar-refractivity contribution in [3.63, 3.8) is 0 Å². The van der Waals surface area contributed by atoms with Crippen LogP contribution in [0.1, 0.15) is 6.92 Å². The molecule has 2 heterocycles. The lowest BCUT2D eigenvalue weighted by atomic mass is 9.85. The molecule has 0 bridgehead atoms. The predicted molar refractivity (Wildman–Crippen MR) is 70.4 cm³/mol. The van der Waals surface area contributed by atoms with E-state index in [0.717, 1.165) is 0 Å². The van der Waals surface area contributed by atoms with E-state index >= 15 is 0 Å². The average molecular weight is 317 g/mol. The number of urea groups is 1. The summed E-state index contributed by atoms with van der Waals surface area (Å²) in [4.78, 5) is 34.2. The summed E-state index contributed by atoms with van der Waals surface area (Å²) < 4.78 is 5.40. The van der Waals surface area contributed by atoms with E-state index in [2.05, 4.69) is 16.0 Å². The van der Waals surface area contributed by atoms with Gasteiger partial charge in [-0.1, -0.05) is 0 Å². The van der Waals surface area contributed by atoms with E-state index in [4.69, 9.17) is 4.74 Å². The molecular weight excluding hydrogens is 298 g/mol. The third-order valence-electron chi connectivity index (χ3n) is 3.79. The van der Waals surface area contributed by atoms with Crippen molar-refractivity contribution in [2.24, 2.45) is 5.92 Å². The van der Waals surface area contributed by atoms with Gasteiger partial charge in [0.25, 0.3) is 0 Å². The Kier molecular flexibility index (Phi) is 4.96. The van der Waals surface area contributed by atoms with Crippen LogP contribution in [0.2, 0.25) is 0 Å². The maximum atomic E-state index is 11.9. The Hall–Kier alpha value is -1.75. The Labute approximate surface area is 125 Å². The van der Waals surface area contributed by atoms with Crippen molar-refractivity contribution in [3.8, 4) is 0 Å². The first-order valence-electron chi connectivity index (χ1n) is 6.83. The molecule has 10 heteroatoms. The average Bonchev–Trinajstić information content (AvgIpc) is 2.44. The molecule has 0 unspecified atom stereocenters. The van der Waals surface area contributed by atoms with Crippen molar-refractivity contribution in [3.05, 3.63) is 0 Å². The molecule has 6 atom stereocenters. The summed E-state index contributed by atoms with van der Waals surface area (Å²) in [7, 11) is 0. The van der Waals surface area contributed by atoms with E-state index in [-0.39, 0.29) is 6.54 Å². The standard InChI is InChI=1S/C12H19N3O7/c1-4(17)14-7-8(18)6(3-16)22-10(9(7)19)5-2-13-12(21)15-11(5)20/h5-10,16,18-19H,2-3H2,1H3,(H,14,17)(H2,13,15,20,21)/t5-,6-,7+,8-,9-,10+/m1/s1. The van der Waals surface area contributed by atoms with E-state index < -0.39 is 60.8 Å². The number of hydrogen-bond donors (Lipinski definition) is 6. The van der Waals surface area contributed by atoms with Crippen LogP contribution in [0.15, 0.2) is 0 Å². The normalized spacial score (nSPS) is 38.9. The van der Waals surface area contributed by atoms with Crippen molar-refractivity contribution in [2.75, 3.05) is 13.2 Å². The van der Waals surface area contributed by atoms with Crippen LogP contribution in [0, 0.1) is 5.92 Å². The summed E-state index contributed by atoms with van der Waals surface area (Å²) in [5.41, 5.74) is 0. The van der Waals surface area contributed by atoms with E-state index in [0.29, 0.717) is 0 Å². The minimum atomic E-state index is -1.38. The molecule has 0 radical (unpaired) electrons. The van der Waals surface area contributed by atoms with E-state index in [1.54, 1.807) is 0 Å². The monoisotopic (exact) mass is 317 g/mol. The molecule has 0 aliphatic carbocycles. The number of aliphatic hydroxyl groups is 3. The lowest BCUT2D eigenvalue weighted by Gasteiger charge is -2.45. The molecule has 4 amide bonds. The molecule has 0 aromatic carbocycles. The molecule has 2 rings (SSSR count). The second kappa shape index (κ2) is 6.57. The quantitative estimate of drug-likeness (QED) is 0.314. The first kappa shape index (κ1) is 16.6. The molecule has 0 saturated carbocycles. The molecular formula is C12H19N3O7. The molecule has 2 saturated heterocycles. The molecule has 10 nitrogen and oxygen atoms in total. The van der Waals surface area contributed by atoms with Crippen molar-refractivity contribution in [2.45, 2.75) is 37.4 Å². The summed E-state index contributed by atoms with van der Waals surface area (Å²) in [5, 5.41) is 36.5. The maximum absolute atomic E-state index is 11.9. The molecule has 2 fully saturated rings. The van der Waals surface area contributed by atoms with Crippen molar-refractivity contribution in [1.29, 1.82) is 0 Å². The number of nitrogens with one attached hydrogen (secondary N) is 3. The van der Waals surface area contributed by atoms with Crippen LogP contribution in [-0.2, 0) is 14.3 Å². The number of ether oxygens (including phenoxy) is 1. The number of carbonyl (C=O) groups is 3. The van der Waals surface area contributed by atoms with Gasteiger partial charge in [-0.2, -0.15) is 0 Å². The van der Waals surface area contributed by atoms with Crippen LogP contribution < -0.4 is 16.0 Å². The first-order valence-corrected chi connectivity index (χ1v) is 6.83. The number of amides is 4. The molecule has 6 N–H and O–H groups in total. The molecule has 2 aliphatic heterocycles. The van der Waals surface area contributed by atoms with Crippen molar-refractivity contribution >= 4 is 17.8 Å². The Balaban J connectivity index is 2.20. The fourth-order valence-electron chi connectivity index (χ4n) is 2.70. The van der Waals surface area contributed by atoms with Gasteiger partial charge in [0.15, 0.2) is 0 Å². The van der Waals surface area contributed by atoms with Crippen molar-refractivity contribution < 1.29 is 34.4 Å². The highest BCUT2D eigenvalue weighted by Crippen LogP contribution is 2.27. The van der Waals surface area contributed by atoms with Gasteiger partial charge in [0.2, 0.25) is 11.8 Å². The highest BCUT2D eigenvalue weighted by Gasteiger charge is 2.49. The third-order valence-corrected chi connectivity index (χ3v) is 3.79. The van der Waals surface area contributed by atoms with Gasteiger partial charge in [-0.25, -0.2) is 4.79 Å². The molecule has 2 aliphatic rings. The van der Waals surface area contributed by atoms with E-state index in [9.17, 15) is 29.7 Å². The van der Waals surface area contributed by atoms with Crippen LogP contribution >= 0.6 is 0 Å². The highest BCUT2D eigenvalue weighted by molar-refractivity contribution is 5.98. The molecule has 0 aromatic rings. The van der Waals surface area contributed by atoms with Gasteiger partial charge in [-0.3, -0.25) is 14.9 Å². The first-order chi connectivity index (χ1) is 10.3. The summed E-state index contributed by atoms with van der Waals surface area (Å²) in [5.74, 6) is -2.03. The van der Waals surface area contributed by atoms with Crippen molar-refractivity contribution in [1.82, 2.24) is 16.0 Å². The molecule has 124 valence electrons. The summed E-state index contributed by atoms with van der Waals surface area (Å²) in [6, 6.07) is -1.75. The van der Waals surface area contributed by atoms with Crippen LogP contribution in [0.5, 0.6) is 0 Å². The van der Waals surface area contributed by atoms with Crippen LogP contribution in [0.4, 0.5) is 4.79 Å². The Bertz CT molecular complexity index is 472. The largest absolute Gasteiger partial charge is 0.394 e. The number of hydrogen-bond acceptors (Lipinski definition) is 7. The molecule has 0 aromatic heterocycles. The van der Waals surface area contributed by atoms with Crippen LogP contribution in [0.25, 0.3) is 0 Å². The summed E-state index contributed by atoms with van der Waals surface area (Å²) in [6.07, 6.45) is -4.89. The third kappa shape index (κ3) is 3.19. The van der Waals surface area contributed by atoms with Crippen LogP contribution in [-0.4, -0.2) is 76.8 Å². The number of imide groups is 1. The zero-order chi connectivity index (χ0) is 16.4. The predicted octanol–water partition coefficient (Wildman–Crippen LogP) is -3.57. The summed E-state index contributed by atoms with van der Waals surface area (Å²) in [6.45, 7) is 0.597. The Morgan fingerprint density at radius 2 is 2.05 bits per heavy atom. The highest BCUT2D eigenvalue weighted by atomic mass is 16.5. The lowest BCUT2D eigenvalue weighted by Crippen LogP contribution is -2.68. The number of aliphatic hydroxyl groups excluding tert-OH is 3. The van der Waals surface area contributed by atoms with Gasteiger partial charge in [-0.15, -0.1) is 0 Å². The smallest absolute Gasteiger partial charge is 0.321 e. The maximum Gasteiger partial charge on any atom is 0.321 e. The molecule has 0 spiro atoms. The topological polar surface area (TPSA) is 157 Å². The van der Waals surface area contributed by atoms with E-state index in [1.807, 2.05) is 0 Å². The van der Waals surface area contributed by atoms with Crippen LogP contribution in [0.3, 0.4) is 0 Å². The fraction of sp³-hybridized carbons (Fsp3) is 0.750. The van der Waals surface area contributed by atoms with E-state index in [1.165, 1.54) is 6.92 Å². The minimum Gasteiger partial charge on any atom is -0.394 e. The van der Waals surface area contributed by atoms with Gasteiger partial charge in [0.05, 0.1) is 24.7 Å². The second-order valence-corrected chi connectivity index (χ2v) is 5.33. The van der Waals surface area contributed by atoms with Gasteiger partial charge in [0.1, 0.15) is 18.3 Å². The van der Waals surface area contributed by atoms with Gasteiger partial charge in [-0.05, 0) is 0 Å². The fourth-order valence-corrected chi connectivity index (χ4v) is 2.70. The zero-order valence-electron chi connectivity index (χ0n) is 11.9. The van der Waals surface area contributed by atoms with Gasteiger partial charge in [0, 0.05) is 13.5 Å². The zero-order valence-corrected chi connectivity index (χ0v) is 11.9. The molecule has 22 heavy (non-hydrogen) atoms. The Morgan fingerprint density at radius 1 is 1.36 bits per heavy atom. The second-order valence-electron chi connectivity index (χ2n) is 5.33. The SMILES string of the molecule is CC(=O)N[C@@H]1[C@@H](O)[C@H]([C@H]2CNC(=O)NC2=O)O[C@H](CO)[C@H]1O. The number of carbonyl (C=O) groups excluding carboxylic acids is 3.